The Balaban J connectivity index is 2.05. The van der Waals surface area contributed by atoms with E-state index in [0.29, 0.717) is 22.1 Å². The number of esters is 1. The molecule has 0 saturated carbocycles. The number of rotatable bonds is 4. The van der Waals surface area contributed by atoms with Crippen molar-refractivity contribution in [1.29, 1.82) is 0 Å². The Kier molecular flexibility index (Phi) is 5.15. The van der Waals surface area contributed by atoms with Crippen LogP contribution >= 0.6 is 23.8 Å². The number of furan rings is 1. The number of allylic oxidation sites excluding steroid dienone is 1. The monoisotopic (exact) mass is 407 g/mol. The molecular weight excluding hydrogens is 394 g/mol. The molecule has 140 valence electrons. The van der Waals surface area contributed by atoms with Crippen LogP contribution in [-0.2, 0) is 9.53 Å². The van der Waals surface area contributed by atoms with Gasteiger partial charge in [0, 0.05) is 16.8 Å². The summed E-state index contributed by atoms with van der Waals surface area (Å²) in [5, 5.41) is 17.7. The molecule has 10 heteroatoms. The van der Waals surface area contributed by atoms with Crippen LogP contribution < -0.4 is 10.6 Å². The number of methoxy groups -OCH3 is 1. The number of thiocarbonyl (C=S) groups is 1. The van der Waals surface area contributed by atoms with Crippen molar-refractivity contribution < 1.29 is 18.9 Å². The molecule has 0 radical (unpaired) electrons. The second kappa shape index (κ2) is 7.37. The number of benzene rings is 1. The summed E-state index contributed by atoms with van der Waals surface area (Å²) in [4.78, 5) is 23.0. The second-order valence-corrected chi connectivity index (χ2v) is 6.53. The number of carbonyl (C=O) groups is 1. The number of ether oxygens (including phenoxy) is 1. The minimum absolute atomic E-state index is 0.183. The Morgan fingerprint density at radius 3 is 2.78 bits per heavy atom. The lowest BCUT2D eigenvalue weighted by atomic mass is 10.0. The molecule has 0 bridgehead atoms. The molecule has 2 N–H and O–H groups in total. The van der Waals surface area contributed by atoms with Crippen LogP contribution in [0.5, 0.6) is 0 Å². The Morgan fingerprint density at radius 2 is 2.11 bits per heavy atom. The van der Waals surface area contributed by atoms with Gasteiger partial charge in [0.2, 0.25) is 0 Å². The third kappa shape index (κ3) is 3.64. The lowest BCUT2D eigenvalue weighted by Gasteiger charge is -2.27. The highest BCUT2D eigenvalue weighted by Gasteiger charge is 2.33. The summed E-state index contributed by atoms with van der Waals surface area (Å²) in [5.74, 6) is 0.0785. The van der Waals surface area contributed by atoms with Gasteiger partial charge in [-0.25, -0.2) is 4.79 Å². The Hall–Kier alpha value is -2.91. The summed E-state index contributed by atoms with van der Waals surface area (Å²) in [5.41, 5.74) is 0.924. The fourth-order valence-electron chi connectivity index (χ4n) is 2.80. The second-order valence-electron chi connectivity index (χ2n) is 5.68. The molecule has 0 fully saturated rings. The molecular formula is C17H14ClN3O5S. The van der Waals surface area contributed by atoms with Gasteiger partial charge in [-0.3, -0.25) is 10.1 Å². The Bertz CT molecular complexity index is 985. The first kappa shape index (κ1) is 18.9. The van der Waals surface area contributed by atoms with Gasteiger partial charge in [-0.05, 0) is 43.4 Å². The van der Waals surface area contributed by atoms with Crippen molar-refractivity contribution >= 4 is 40.6 Å². The summed E-state index contributed by atoms with van der Waals surface area (Å²) in [6.45, 7) is 1.69. The van der Waals surface area contributed by atoms with Crippen LogP contribution in [0.4, 0.5) is 5.69 Å². The van der Waals surface area contributed by atoms with Gasteiger partial charge in [0.05, 0.1) is 23.2 Å². The third-order valence-corrected chi connectivity index (χ3v) is 4.46. The summed E-state index contributed by atoms with van der Waals surface area (Å²) < 4.78 is 10.7. The van der Waals surface area contributed by atoms with E-state index in [0.717, 1.165) is 0 Å². The van der Waals surface area contributed by atoms with Crippen LogP contribution in [0.1, 0.15) is 18.7 Å². The highest BCUT2D eigenvalue weighted by atomic mass is 35.5. The van der Waals surface area contributed by atoms with Crippen molar-refractivity contribution in [2.45, 2.75) is 13.0 Å². The van der Waals surface area contributed by atoms with E-state index < -0.39 is 16.9 Å². The molecule has 1 aliphatic rings. The van der Waals surface area contributed by atoms with Gasteiger partial charge in [-0.1, -0.05) is 11.6 Å². The molecule has 27 heavy (non-hydrogen) atoms. The SMILES string of the molecule is COC(=O)C1=C(C)NC(=S)N[C@H]1c1ccc(-c2ccc(Cl)cc2[N+](=O)[O-])o1. The van der Waals surface area contributed by atoms with Crippen molar-refractivity contribution in [3.8, 4) is 11.3 Å². The van der Waals surface area contributed by atoms with Crippen molar-refractivity contribution in [3.05, 3.63) is 62.5 Å². The van der Waals surface area contributed by atoms with E-state index in [1.165, 1.54) is 25.3 Å². The van der Waals surface area contributed by atoms with Gasteiger partial charge in [0.15, 0.2) is 5.11 Å². The van der Waals surface area contributed by atoms with E-state index >= 15 is 0 Å². The molecule has 1 aromatic heterocycles. The lowest BCUT2D eigenvalue weighted by Crippen LogP contribution is -2.44. The molecule has 0 saturated heterocycles. The van der Waals surface area contributed by atoms with Crippen LogP contribution in [0.15, 0.2) is 46.0 Å². The molecule has 0 spiro atoms. The van der Waals surface area contributed by atoms with E-state index in [9.17, 15) is 14.9 Å². The highest BCUT2D eigenvalue weighted by Crippen LogP contribution is 2.36. The Morgan fingerprint density at radius 1 is 1.37 bits per heavy atom. The lowest BCUT2D eigenvalue weighted by molar-refractivity contribution is -0.384. The van der Waals surface area contributed by atoms with Crippen molar-refractivity contribution in [2.24, 2.45) is 0 Å². The van der Waals surface area contributed by atoms with Gasteiger partial charge in [0.1, 0.15) is 17.6 Å². The van der Waals surface area contributed by atoms with Crippen molar-refractivity contribution in [3.63, 3.8) is 0 Å². The number of carbonyl (C=O) groups excluding carboxylic acids is 1. The number of halogens is 1. The molecule has 0 unspecified atom stereocenters. The van der Waals surface area contributed by atoms with Crippen LogP contribution in [0.3, 0.4) is 0 Å². The number of nitro benzene ring substituents is 1. The van der Waals surface area contributed by atoms with Crippen LogP contribution in [0.25, 0.3) is 11.3 Å². The minimum atomic E-state index is -0.689. The van der Waals surface area contributed by atoms with Crippen molar-refractivity contribution in [1.82, 2.24) is 10.6 Å². The topological polar surface area (TPSA) is 107 Å². The smallest absolute Gasteiger partial charge is 0.338 e. The minimum Gasteiger partial charge on any atom is -0.466 e. The Labute approximate surface area is 164 Å². The average molecular weight is 408 g/mol. The molecule has 1 aliphatic heterocycles. The van der Waals surface area contributed by atoms with E-state index in [1.807, 2.05) is 0 Å². The summed E-state index contributed by atoms with van der Waals surface area (Å²) in [6, 6.07) is 6.81. The largest absolute Gasteiger partial charge is 0.466 e. The maximum Gasteiger partial charge on any atom is 0.338 e. The highest BCUT2D eigenvalue weighted by molar-refractivity contribution is 7.80. The van der Waals surface area contributed by atoms with Crippen LogP contribution in [0, 0.1) is 10.1 Å². The van der Waals surface area contributed by atoms with E-state index in [4.69, 9.17) is 33.0 Å². The van der Waals surface area contributed by atoms with E-state index in [-0.39, 0.29) is 22.0 Å². The number of nitrogens with zero attached hydrogens (tertiary/aromatic N) is 1. The average Bonchev–Trinajstić information content (AvgIpc) is 3.10. The van der Waals surface area contributed by atoms with Crippen molar-refractivity contribution in [2.75, 3.05) is 7.11 Å². The predicted molar refractivity (Wildman–Crippen MR) is 102 cm³/mol. The molecule has 3 rings (SSSR count). The molecule has 1 aromatic carbocycles. The molecule has 1 atom stereocenters. The number of nitro groups is 1. The van der Waals surface area contributed by atoms with Gasteiger partial charge < -0.3 is 19.8 Å². The first-order valence-electron chi connectivity index (χ1n) is 7.72. The first-order valence-corrected chi connectivity index (χ1v) is 8.51. The molecule has 2 aromatic rings. The summed E-state index contributed by atoms with van der Waals surface area (Å²) in [7, 11) is 1.28. The van der Waals surface area contributed by atoms with Gasteiger partial charge >= 0.3 is 5.97 Å². The van der Waals surface area contributed by atoms with Gasteiger partial charge in [-0.2, -0.15) is 0 Å². The zero-order valence-corrected chi connectivity index (χ0v) is 15.8. The maximum atomic E-state index is 12.2. The molecule has 0 amide bonds. The normalized spacial score (nSPS) is 16.6. The molecule has 8 nitrogen and oxygen atoms in total. The fraction of sp³-hybridized carbons (Fsp3) is 0.176. The standard InChI is InChI=1S/C17H14ClN3O5S/c1-8-14(16(22)25-2)15(20-17(27)19-8)13-6-5-12(26-13)10-4-3-9(18)7-11(10)21(23)24/h3-7,15H,1-2H3,(H2,19,20,27)/t15-/m0/s1. The zero-order valence-electron chi connectivity index (χ0n) is 14.2. The van der Waals surface area contributed by atoms with Gasteiger partial charge in [0.25, 0.3) is 5.69 Å². The van der Waals surface area contributed by atoms with Crippen LogP contribution in [-0.4, -0.2) is 23.1 Å². The first-order chi connectivity index (χ1) is 12.8. The fourth-order valence-corrected chi connectivity index (χ4v) is 3.24. The maximum absolute atomic E-state index is 12.2. The molecule has 2 heterocycles. The van der Waals surface area contributed by atoms with E-state index in [2.05, 4.69) is 10.6 Å². The third-order valence-electron chi connectivity index (χ3n) is 4.01. The molecule has 0 aliphatic carbocycles. The number of hydrogen-bond donors (Lipinski definition) is 2. The van der Waals surface area contributed by atoms with Crippen LogP contribution in [0.2, 0.25) is 5.02 Å². The summed E-state index contributed by atoms with van der Waals surface area (Å²) in [6.07, 6.45) is 0. The quantitative estimate of drug-likeness (QED) is 0.343. The zero-order chi connectivity index (χ0) is 19.7. The predicted octanol–water partition coefficient (Wildman–Crippen LogP) is 3.47. The van der Waals surface area contributed by atoms with E-state index in [1.54, 1.807) is 19.1 Å². The summed E-state index contributed by atoms with van der Waals surface area (Å²) >= 11 is 11.0. The van der Waals surface area contributed by atoms with Gasteiger partial charge in [-0.15, -0.1) is 0 Å². The number of hydrogen-bond acceptors (Lipinski definition) is 6. The number of nitrogens with one attached hydrogen (secondary N) is 2.